The van der Waals surface area contributed by atoms with Crippen molar-refractivity contribution in [1.29, 1.82) is 0 Å². The summed E-state index contributed by atoms with van der Waals surface area (Å²) in [5.41, 5.74) is 0.976. The Labute approximate surface area is 133 Å². The Balaban J connectivity index is 2.65. The Hall–Kier alpha value is -0.0800. The molecule has 0 atom stereocenters. The largest absolute Gasteiger partial charge is 0.379 e. The van der Waals surface area contributed by atoms with Crippen molar-refractivity contribution in [3.63, 3.8) is 0 Å². The van der Waals surface area contributed by atoms with Crippen molar-refractivity contribution < 1.29 is 4.74 Å². The highest BCUT2D eigenvalue weighted by Crippen LogP contribution is 2.47. The van der Waals surface area contributed by atoms with Gasteiger partial charge in [0.2, 0.25) is 0 Å². The zero-order valence-corrected chi connectivity index (χ0v) is 15.6. The molecule has 0 heterocycles. The summed E-state index contributed by atoms with van der Waals surface area (Å²) in [6, 6.07) is 0. The monoisotopic (exact) mass is 297 g/mol. The van der Waals surface area contributed by atoms with Crippen molar-refractivity contribution in [2.24, 2.45) is 16.7 Å². The molecule has 126 valence electrons. The molecule has 0 aromatic carbocycles. The molecule has 0 aromatic rings. The normalized spacial score (nSPS) is 27.9. The Morgan fingerprint density at radius 1 is 1.10 bits per heavy atom. The van der Waals surface area contributed by atoms with Crippen LogP contribution < -0.4 is 5.32 Å². The van der Waals surface area contributed by atoms with Crippen LogP contribution in [0.5, 0.6) is 0 Å². The predicted molar refractivity (Wildman–Crippen MR) is 92.7 cm³/mol. The van der Waals surface area contributed by atoms with Gasteiger partial charge in [-0.05, 0) is 75.7 Å². The lowest BCUT2D eigenvalue weighted by atomic mass is 9.62. The minimum atomic E-state index is 0.0140. The van der Waals surface area contributed by atoms with Crippen LogP contribution in [0.2, 0.25) is 0 Å². The summed E-state index contributed by atoms with van der Waals surface area (Å²) in [6.07, 6.45) is 7.99. The first-order valence-electron chi connectivity index (χ1n) is 8.90. The number of rotatable bonds is 7. The van der Waals surface area contributed by atoms with Crippen LogP contribution in [-0.2, 0) is 4.74 Å². The molecule has 1 fully saturated rings. The zero-order valence-electron chi connectivity index (χ0n) is 15.6. The van der Waals surface area contributed by atoms with Crippen molar-refractivity contribution in [3.8, 4) is 0 Å². The highest BCUT2D eigenvalue weighted by atomic mass is 16.5. The summed E-state index contributed by atoms with van der Waals surface area (Å²) in [6.45, 7) is 16.1. The fraction of sp³-hybridized carbons (Fsp3) is 1.00. The summed E-state index contributed by atoms with van der Waals surface area (Å²) in [5, 5.41) is 3.63. The second-order valence-corrected chi connectivity index (χ2v) is 8.88. The molecular formula is C19H39NO. The van der Waals surface area contributed by atoms with Crippen molar-refractivity contribution in [3.05, 3.63) is 0 Å². The Morgan fingerprint density at radius 3 is 2.10 bits per heavy atom. The molecule has 0 spiro atoms. The molecule has 1 rings (SSSR count). The van der Waals surface area contributed by atoms with Gasteiger partial charge in [0, 0.05) is 13.7 Å². The number of methoxy groups -OCH3 is 1. The van der Waals surface area contributed by atoms with Crippen LogP contribution in [0.1, 0.15) is 80.1 Å². The van der Waals surface area contributed by atoms with Gasteiger partial charge in [-0.3, -0.25) is 0 Å². The van der Waals surface area contributed by atoms with Crippen molar-refractivity contribution in [2.45, 2.75) is 85.7 Å². The van der Waals surface area contributed by atoms with E-state index in [0.717, 1.165) is 18.9 Å². The van der Waals surface area contributed by atoms with Gasteiger partial charge >= 0.3 is 0 Å². The van der Waals surface area contributed by atoms with Crippen LogP contribution in [0.4, 0.5) is 0 Å². The SMILES string of the molecule is CCNCC1(CCC(C)(C)OC)CCC(C(C)(C)C)CC1. The zero-order chi connectivity index (χ0) is 16.1. The topological polar surface area (TPSA) is 21.3 Å². The second kappa shape index (κ2) is 7.46. The molecule has 0 saturated heterocycles. The molecule has 0 aromatic heterocycles. The minimum absolute atomic E-state index is 0.0140. The smallest absolute Gasteiger partial charge is 0.0623 e. The van der Waals surface area contributed by atoms with Crippen LogP contribution in [0.15, 0.2) is 0 Å². The number of hydrogen-bond acceptors (Lipinski definition) is 2. The molecule has 21 heavy (non-hydrogen) atoms. The van der Waals surface area contributed by atoms with E-state index in [1.54, 1.807) is 0 Å². The fourth-order valence-corrected chi connectivity index (χ4v) is 3.67. The van der Waals surface area contributed by atoms with Gasteiger partial charge in [-0.25, -0.2) is 0 Å². The minimum Gasteiger partial charge on any atom is -0.379 e. The van der Waals surface area contributed by atoms with Gasteiger partial charge in [0.1, 0.15) is 0 Å². The highest BCUT2D eigenvalue weighted by molar-refractivity contribution is 4.91. The third-order valence-electron chi connectivity index (χ3n) is 5.83. The van der Waals surface area contributed by atoms with Crippen LogP contribution in [-0.4, -0.2) is 25.8 Å². The first-order chi connectivity index (χ1) is 9.64. The second-order valence-electron chi connectivity index (χ2n) is 8.88. The van der Waals surface area contributed by atoms with E-state index >= 15 is 0 Å². The predicted octanol–water partition coefficient (Wildman–Crippen LogP) is 5.02. The summed E-state index contributed by atoms with van der Waals surface area (Å²) < 4.78 is 5.63. The number of nitrogens with one attached hydrogen (secondary N) is 1. The quantitative estimate of drug-likeness (QED) is 0.712. The number of ether oxygens (including phenoxy) is 1. The molecule has 2 heteroatoms. The van der Waals surface area contributed by atoms with E-state index in [2.05, 4.69) is 46.9 Å². The van der Waals surface area contributed by atoms with E-state index in [9.17, 15) is 0 Å². The average molecular weight is 298 g/mol. The Kier molecular flexibility index (Phi) is 6.74. The maximum atomic E-state index is 5.63. The summed E-state index contributed by atoms with van der Waals surface area (Å²) in [7, 11) is 1.84. The van der Waals surface area contributed by atoms with Crippen LogP contribution in [0.25, 0.3) is 0 Å². The standard InChI is InChI=1S/C19H39NO/c1-8-20-15-19(14-13-18(5,6)21-7)11-9-16(10-12-19)17(2,3)4/h16,20H,8-15H2,1-7H3. The molecule has 1 aliphatic rings. The fourth-order valence-electron chi connectivity index (χ4n) is 3.67. The Bertz CT molecular complexity index is 295. The van der Waals surface area contributed by atoms with Gasteiger partial charge < -0.3 is 10.1 Å². The average Bonchev–Trinajstić information content (AvgIpc) is 2.43. The molecular weight excluding hydrogens is 258 g/mol. The van der Waals surface area contributed by atoms with Crippen molar-refractivity contribution >= 4 is 0 Å². The Morgan fingerprint density at radius 2 is 1.67 bits per heavy atom. The highest BCUT2D eigenvalue weighted by Gasteiger charge is 2.39. The molecule has 0 radical (unpaired) electrons. The molecule has 0 bridgehead atoms. The molecule has 0 unspecified atom stereocenters. The third-order valence-corrected chi connectivity index (χ3v) is 5.83. The van der Waals surface area contributed by atoms with E-state index in [1.807, 2.05) is 7.11 Å². The van der Waals surface area contributed by atoms with Gasteiger partial charge in [-0.2, -0.15) is 0 Å². The third kappa shape index (κ3) is 5.90. The maximum Gasteiger partial charge on any atom is 0.0623 e. The van der Waals surface area contributed by atoms with E-state index in [1.165, 1.54) is 38.6 Å². The molecule has 1 aliphatic carbocycles. The van der Waals surface area contributed by atoms with E-state index in [4.69, 9.17) is 4.74 Å². The first kappa shape index (κ1) is 19.0. The summed E-state index contributed by atoms with van der Waals surface area (Å²) in [5.74, 6) is 0.891. The van der Waals surface area contributed by atoms with E-state index < -0.39 is 0 Å². The molecule has 0 aliphatic heterocycles. The molecule has 0 amide bonds. The maximum absolute atomic E-state index is 5.63. The molecule has 1 N–H and O–H groups in total. The van der Waals surface area contributed by atoms with Gasteiger partial charge in [0.05, 0.1) is 5.60 Å². The van der Waals surface area contributed by atoms with Crippen molar-refractivity contribution in [1.82, 2.24) is 5.32 Å². The van der Waals surface area contributed by atoms with Crippen LogP contribution in [0.3, 0.4) is 0 Å². The lowest BCUT2D eigenvalue weighted by molar-refractivity contribution is -0.00646. The lowest BCUT2D eigenvalue weighted by Gasteiger charge is -2.45. The van der Waals surface area contributed by atoms with E-state index in [0.29, 0.717) is 10.8 Å². The van der Waals surface area contributed by atoms with Crippen molar-refractivity contribution in [2.75, 3.05) is 20.2 Å². The summed E-state index contributed by atoms with van der Waals surface area (Å²) >= 11 is 0. The van der Waals surface area contributed by atoms with Gasteiger partial charge in [-0.1, -0.05) is 27.7 Å². The summed E-state index contributed by atoms with van der Waals surface area (Å²) in [4.78, 5) is 0. The lowest BCUT2D eigenvalue weighted by Crippen LogP contribution is -2.41. The van der Waals surface area contributed by atoms with Gasteiger partial charge in [-0.15, -0.1) is 0 Å². The van der Waals surface area contributed by atoms with E-state index in [-0.39, 0.29) is 5.60 Å². The number of hydrogen-bond donors (Lipinski definition) is 1. The van der Waals surface area contributed by atoms with Crippen LogP contribution in [0, 0.1) is 16.7 Å². The first-order valence-corrected chi connectivity index (χ1v) is 8.90. The van der Waals surface area contributed by atoms with Gasteiger partial charge in [0.15, 0.2) is 0 Å². The van der Waals surface area contributed by atoms with Gasteiger partial charge in [0.25, 0.3) is 0 Å². The molecule has 2 nitrogen and oxygen atoms in total. The van der Waals surface area contributed by atoms with Crippen LogP contribution >= 0.6 is 0 Å². The molecule has 1 saturated carbocycles.